The predicted molar refractivity (Wildman–Crippen MR) is 81.1 cm³/mol. The van der Waals surface area contributed by atoms with Gasteiger partial charge >= 0.3 is 0 Å². The van der Waals surface area contributed by atoms with Gasteiger partial charge in [-0.3, -0.25) is 4.79 Å². The molecule has 1 atom stereocenters. The first kappa shape index (κ1) is 14.9. The molecule has 1 aliphatic heterocycles. The molecule has 0 bridgehead atoms. The molecule has 0 radical (unpaired) electrons. The Kier molecular flexibility index (Phi) is 5.01. The van der Waals surface area contributed by atoms with Gasteiger partial charge in [0.05, 0.1) is 12.0 Å². The van der Waals surface area contributed by atoms with E-state index in [0.717, 1.165) is 37.4 Å². The van der Waals surface area contributed by atoms with Crippen LogP contribution in [0.5, 0.6) is 5.75 Å². The molecule has 0 aliphatic carbocycles. The van der Waals surface area contributed by atoms with Gasteiger partial charge < -0.3 is 15.0 Å². The molecule has 1 saturated heterocycles. The number of amides is 1. The summed E-state index contributed by atoms with van der Waals surface area (Å²) >= 11 is 0. The van der Waals surface area contributed by atoms with Crippen molar-refractivity contribution >= 4 is 11.6 Å². The molecule has 1 aromatic carbocycles. The van der Waals surface area contributed by atoms with Gasteiger partial charge in [0.15, 0.2) is 0 Å². The molecule has 0 aromatic heterocycles. The minimum absolute atomic E-state index is 0.0975. The molecule has 1 amide bonds. The van der Waals surface area contributed by atoms with Crippen molar-refractivity contribution in [2.75, 3.05) is 25.5 Å². The van der Waals surface area contributed by atoms with E-state index in [4.69, 9.17) is 4.74 Å². The fourth-order valence-electron chi connectivity index (χ4n) is 2.51. The minimum atomic E-state index is 0.0975. The summed E-state index contributed by atoms with van der Waals surface area (Å²) in [5.41, 5.74) is 0.833. The summed E-state index contributed by atoms with van der Waals surface area (Å²) in [6.45, 7) is 5.93. The zero-order valence-electron chi connectivity index (χ0n) is 12.6. The molecule has 0 saturated carbocycles. The Morgan fingerprint density at radius 2 is 2.05 bits per heavy atom. The van der Waals surface area contributed by atoms with Crippen LogP contribution in [0, 0.1) is 5.92 Å². The Bertz CT molecular complexity index is 442. The second-order valence-corrected chi connectivity index (χ2v) is 5.78. The van der Waals surface area contributed by atoms with E-state index in [0.29, 0.717) is 0 Å². The van der Waals surface area contributed by atoms with E-state index in [1.807, 2.05) is 38.1 Å². The van der Waals surface area contributed by atoms with Crippen molar-refractivity contribution in [1.29, 1.82) is 0 Å². The predicted octanol–water partition coefficient (Wildman–Crippen LogP) is 2.75. The molecule has 20 heavy (non-hydrogen) atoms. The summed E-state index contributed by atoms with van der Waals surface area (Å²) in [6, 6.07) is 7.57. The second-order valence-electron chi connectivity index (χ2n) is 5.78. The molecule has 1 aliphatic rings. The van der Waals surface area contributed by atoms with Crippen molar-refractivity contribution in [2.24, 2.45) is 5.92 Å². The van der Waals surface area contributed by atoms with Gasteiger partial charge in [-0.1, -0.05) is 0 Å². The van der Waals surface area contributed by atoms with Crippen LogP contribution in [-0.4, -0.2) is 37.0 Å². The zero-order valence-corrected chi connectivity index (χ0v) is 12.6. The quantitative estimate of drug-likeness (QED) is 0.919. The number of nitrogens with one attached hydrogen (secondary N) is 1. The minimum Gasteiger partial charge on any atom is -0.491 e. The van der Waals surface area contributed by atoms with Crippen molar-refractivity contribution in [3.8, 4) is 5.75 Å². The lowest BCUT2D eigenvalue weighted by molar-refractivity contribution is -0.121. The van der Waals surface area contributed by atoms with Crippen molar-refractivity contribution in [2.45, 2.75) is 32.8 Å². The monoisotopic (exact) mass is 276 g/mol. The average molecular weight is 276 g/mol. The maximum atomic E-state index is 12.2. The molecular weight excluding hydrogens is 252 g/mol. The van der Waals surface area contributed by atoms with Gasteiger partial charge in [-0.15, -0.1) is 0 Å². The van der Waals surface area contributed by atoms with Crippen molar-refractivity contribution in [3.05, 3.63) is 24.3 Å². The van der Waals surface area contributed by atoms with Gasteiger partial charge in [0.1, 0.15) is 5.75 Å². The lowest BCUT2D eigenvalue weighted by Gasteiger charge is -2.28. The molecule has 4 heteroatoms. The number of hydrogen-bond donors (Lipinski definition) is 1. The van der Waals surface area contributed by atoms with Gasteiger partial charge in [-0.25, -0.2) is 0 Å². The summed E-state index contributed by atoms with van der Waals surface area (Å²) in [5.74, 6) is 1.05. The van der Waals surface area contributed by atoms with Crippen LogP contribution in [0.4, 0.5) is 5.69 Å². The number of carbonyl (C=O) groups is 1. The first-order chi connectivity index (χ1) is 9.54. The molecule has 1 N–H and O–H groups in total. The molecule has 2 rings (SSSR count). The normalized spacial score (nSPS) is 19.9. The zero-order chi connectivity index (χ0) is 14.5. The first-order valence-corrected chi connectivity index (χ1v) is 7.30. The number of benzene rings is 1. The Labute approximate surface area is 121 Å². The topological polar surface area (TPSA) is 41.6 Å². The third-order valence-electron chi connectivity index (χ3n) is 3.49. The summed E-state index contributed by atoms with van der Waals surface area (Å²) in [5, 5.41) is 2.99. The highest BCUT2D eigenvalue weighted by Crippen LogP contribution is 2.20. The van der Waals surface area contributed by atoms with Crippen LogP contribution in [0.3, 0.4) is 0 Å². The molecule has 0 spiro atoms. The number of hydrogen-bond acceptors (Lipinski definition) is 3. The van der Waals surface area contributed by atoms with Crippen LogP contribution in [0.25, 0.3) is 0 Å². The highest BCUT2D eigenvalue weighted by molar-refractivity contribution is 5.92. The van der Waals surface area contributed by atoms with Crippen LogP contribution in [0.1, 0.15) is 26.7 Å². The third kappa shape index (κ3) is 4.23. The van der Waals surface area contributed by atoms with Crippen molar-refractivity contribution in [3.63, 3.8) is 0 Å². The Morgan fingerprint density at radius 3 is 2.65 bits per heavy atom. The fraction of sp³-hybridized carbons (Fsp3) is 0.562. The second kappa shape index (κ2) is 6.75. The van der Waals surface area contributed by atoms with Crippen molar-refractivity contribution < 1.29 is 9.53 Å². The molecule has 110 valence electrons. The SMILES string of the molecule is CC(C)Oc1ccc(NC(=O)[C@H]2CCCN(C)C2)cc1. The number of piperidine rings is 1. The van der Waals surface area contributed by atoms with Gasteiger partial charge in [0.25, 0.3) is 0 Å². The summed E-state index contributed by atoms with van der Waals surface area (Å²) in [4.78, 5) is 14.4. The lowest BCUT2D eigenvalue weighted by atomic mass is 9.97. The van der Waals surface area contributed by atoms with Gasteiger partial charge in [0, 0.05) is 12.2 Å². The van der Waals surface area contributed by atoms with Crippen molar-refractivity contribution in [1.82, 2.24) is 4.90 Å². The largest absolute Gasteiger partial charge is 0.491 e. The van der Waals surface area contributed by atoms with E-state index < -0.39 is 0 Å². The smallest absolute Gasteiger partial charge is 0.228 e. The maximum absolute atomic E-state index is 12.2. The summed E-state index contributed by atoms with van der Waals surface area (Å²) in [6.07, 6.45) is 2.23. The van der Waals surface area contributed by atoms with Gasteiger partial charge in [-0.2, -0.15) is 0 Å². The first-order valence-electron chi connectivity index (χ1n) is 7.30. The molecule has 0 unspecified atom stereocenters. The summed E-state index contributed by atoms with van der Waals surface area (Å²) < 4.78 is 5.59. The molecule has 1 heterocycles. The third-order valence-corrected chi connectivity index (χ3v) is 3.49. The van der Waals surface area contributed by atoms with E-state index in [1.165, 1.54) is 0 Å². The van der Waals surface area contributed by atoms with E-state index in [-0.39, 0.29) is 17.9 Å². The number of ether oxygens (including phenoxy) is 1. The standard InChI is InChI=1S/C16H24N2O2/c1-12(2)20-15-8-6-14(7-9-15)17-16(19)13-5-4-10-18(3)11-13/h6-9,12-13H,4-5,10-11H2,1-3H3,(H,17,19)/t13-/m0/s1. The van der Waals surface area contributed by atoms with Gasteiger partial charge in [-0.05, 0) is 64.5 Å². The van der Waals surface area contributed by atoms with E-state index in [1.54, 1.807) is 0 Å². The molecule has 1 aromatic rings. The fourth-order valence-corrected chi connectivity index (χ4v) is 2.51. The lowest BCUT2D eigenvalue weighted by Crippen LogP contribution is -2.38. The number of anilines is 1. The van der Waals surface area contributed by atoms with Crippen LogP contribution < -0.4 is 10.1 Å². The Morgan fingerprint density at radius 1 is 1.35 bits per heavy atom. The summed E-state index contributed by atoms with van der Waals surface area (Å²) in [7, 11) is 2.07. The van der Waals surface area contributed by atoms with Crippen LogP contribution in [0.2, 0.25) is 0 Å². The number of rotatable bonds is 4. The van der Waals surface area contributed by atoms with Crippen LogP contribution in [-0.2, 0) is 4.79 Å². The Balaban J connectivity index is 1.90. The van der Waals surface area contributed by atoms with Crippen LogP contribution >= 0.6 is 0 Å². The number of likely N-dealkylation sites (tertiary alicyclic amines) is 1. The van der Waals surface area contributed by atoms with E-state index in [9.17, 15) is 4.79 Å². The number of carbonyl (C=O) groups excluding carboxylic acids is 1. The average Bonchev–Trinajstić information content (AvgIpc) is 2.40. The number of nitrogens with zero attached hydrogens (tertiary/aromatic N) is 1. The van der Waals surface area contributed by atoms with E-state index >= 15 is 0 Å². The molecule has 4 nitrogen and oxygen atoms in total. The highest BCUT2D eigenvalue weighted by Gasteiger charge is 2.23. The maximum Gasteiger partial charge on any atom is 0.228 e. The van der Waals surface area contributed by atoms with Crippen LogP contribution in [0.15, 0.2) is 24.3 Å². The molecule has 1 fully saturated rings. The Hall–Kier alpha value is -1.55. The van der Waals surface area contributed by atoms with E-state index in [2.05, 4.69) is 17.3 Å². The molecular formula is C16H24N2O2. The van der Waals surface area contributed by atoms with Gasteiger partial charge in [0.2, 0.25) is 5.91 Å². The highest BCUT2D eigenvalue weighted by atomic mass is 16.5.